The molecular weight excluding hydrogens is 243 g/mol. The first-order chi connectivity index (χ1) is 9.08. The van der Waals surface area contributed by atoms with Crippen molar-refractivity contribution in [3.8, 4) is 0 Å². The largest absolute Gasteiger partial charge is 0.349 e. The van der Waals surface area contributed by atoms with Crippen LogP contribution in [0.4, 0.5) is 4.39 Å². The topological polar surface area (TPSA) is 41.1 Å². The molecular formula is C15H21FN2O. The van der Waals surface area contributed by atoms with Crippen LogP contribution in [-0.2, 0) is 0 Å². The smallest absolute Gasteiger partial charge is 0.254 e. The minimum Gasteiger partial charge on any atom is -0.349 e. The van der Waals surface area contributed by atoms with E-state index in [-0.39, 0.29) is 17.5 Å². The van der Waals surface area contributed by atoms with Crippen LogP contribution in [0.5, 0.6) is 0 Å². The molecule has 0 spiro atoms. The van der Waals surface area contributed by atoms with E-state index >= 15 is 0 Å². The molecule has 0 aromatic heterocycles. The van der Waals surface area contributed by atoms with E-state index in [0.29, 0.717) is 5.92 Å². The lowest BCUT2D eigenvalue weighted by Gasteiger charge is -2.28. The lowest BCUT2D eigenvalue weighted by atomic mass is 9.91. The number of rotatable bonds is 3. The summed E-state index contributed by atoms with van der Waals surface area (Å²) in [5, 5.41) is 6.23. The van der Waals surface area contributed by atoms with Crippen molar-refractivity contribution in [2.75, 3.05) is 13.1 Å². The molecule has 1 amide bonds. The summed E-state index contributed by atoms with van der Waals surface area (Å²) < 4.78 is 13.6. The molecule has 1 aromatic rings. The van der Waals surface area contributed by atoms with Gasteiger partial charge in [0.05, 0.1) is 5.56 Å². The van der Waals surface area contributed by atoms with Gasteiger partial charge >= 0.3 is 0 Å². The van der Waals surface area contributed by atoms with Crippen molar-refractivity contribution < 1.29 is 9.18 Å². The van der Waals surface area contributed by atoms with E-state index in [1.165, 1.54) is 6.07 Å². The zero-order valence-electron chi connectivity index (χ0n) is 11.5. The standard InChI is InChI=1S/C15H21FN2O/c1-10-3-4-14(16)13(9-10)15(19)18-11(2)12-5-7-17-8-6-12/h3-4,9,11-12,17H,5-8H2,1-2H3,(H,18,19). The SMILES string of the molecule is Cc1ccc(F)c(C(=O)NC(C)C2CCNCC2)c1. The van der Waals surface area contributed by atoms with Gasteiger partial charge in [-0.15, -0.1) is 0 Å². The number of hydrogen-bond acceptors (Lipinski definition) is 2. The van der Waals surface area contributed by atoms with Gasteiger partial charge in [0.15, 0.2) is 0 Å². The van der Waals surface area contributed by atoms with Crippen molar-refractivity contribution in [2.24, 2.45) is 5.92 Å². The molecule has 1 fully saturated rings. The molecule has 1 atom stereocenters. The van der Waals surface area contributed by atoms with Crippen LogP contribution < -0.4 is 10.6 Å². The minimum absolute atomic E-state index is 0.0783. The molecule has 1 saturated heterocycles. The fourth-order valence-electron chi connectivity index (χ4n) is 2.56. The zero-order valence-corrected chi connectivity index (χ0v) is 11.5. The highest BCUT2D eigenvalue weighted by molar-refractivity contribution is 5.94. The summed E-state index contributed by atoms with van der Waals surface area (Å²) in [6.45, 7) is 5.83. The van der Waals surface area contributed by atoms with Crippen LogP contribution in [0.2, 0.25) is 0 Å². The molecule has 19 heavy (non-hydrogen) atoms. The average Bonchev–Trinajstić information content (AvgIpc) is 2.42. The third kappa shape index (κ3) is 3.53. The van der Waals surface area contributed by atoms with Gasteiger partial charge in [0.25, 0.3) is 5.91 Å². The Morgan fingerprint density at radius 2 is 2.11 bits per heavy atom. The van der Waals surface area contributed by atoms with Crippen LogP contribution in [0.1, 0.15) is 35.7 Å². The highest BCUT2D eigenvalue weighted by Crippen LogP contribution is 2.17. The molecule has 1 heterocycles. The minimum atomic E-state index is -0.458. The van der Waals surface area contributed by atoms with Gasteiger partial charge in [-0.25, -0.2) is 4.39 Å². The van der Waals surface area contributed by atoms with Crippen molar-refractivity contribution >= 4 is 5.91 Å². The Hall–Kier alpha value is -1.42. The average molecular weight is 264 g/mol. The van der Waals surface area contributed by atoms with Gasteiger partial charge in [-0.2, -0.15) is 0 Å². The molecule has 1 aliphatic heterocycles. The molecule has 3 nitrogen and oxygen atoms in total. The van der Waals surface area contributed by atoms with E-state index in [2.05, 4.69) is 10.6 Å². The Kier molecular flexibility index (Phi) is 4.53. The van der Waals surface area contributed by atoms with Crippen molar-refractivity contribution in [2.45, 2.75) is 32.7 Å². The predicted octanol–water partition coefficient (Wildman–Crippen LogP) is 2.25. The first-order valence-corrected chi connectivity index (χ1v) is 6.85. The molecule has 1 aromatic carbocycles. The van der Waals surface area contributed by atoms with E-state index in [1.807, 2.05) is 13.8 Å². The third-order valence-corrected chi connectivity index (χ3v) is 3.82. The molecule has 1 aliphatic rings. The molecule has 0 bridgehead atoms. The summed E-state index contributed by atoms with van der Waals surface area (Å²) in [7, 11) is 0. The van der Waals surface area contributed by atoms with Crippen molar-refractivity contribution in [1.29, 1.82) is 0 Å². The Labute approximate surface area is 113 Å². The summed E-state index contributed by atoms with van der Waals surface area (Å²) in [5.74, 6) is -0.300. The van der Waals surface area contributed by atoms with E-state index in [4.69, 9.17) is 0 Å². The summed E-state index contributed by atoms with van der Waals surface area (Å²) in [6, 6.07) is 4.69. The molecule has 1 unspecified atom stereocenters. The first-order valence-electron chi connectivity index (χ1n) is 6.85. The number of halogens is 1. The van der Waals surface area contributed by atoms with Gasteiger partial charge in [0.2, 0.25) is 0 Å². The van der Waals surface area contributed by atoms with Crippen LogP contribution in [0.25, 0.3) is 0 Å². The van der Waals surface area contributed by atoms with Gasteiger partial charge in [-0.3, -0.25) is 4.79 Å². The van der Waals surface area contributed by atoms with Crippen molar-refractivity contribution in [1.82, 2.24) is 10.6 Å². The van der Waals surface area contributed by atoms with Crippen LogP contribution in [0.3, 0.4) is 0 Å². The molecule has 2 N–H and O–H groups in total. The fraction of sp³-hybridized carbons (Fsp3) is 0.533. The monoisotopic (exact) mass is 264 g/mol. The number of aryl methyl sites for hydroxylation is 1. The highest BCUT2D eigenvalue weighted by Gasteiger charge is 2.22. The van der Waals surface area contributed by atoms with Crippen LogP contribution in [-0.4, -0.2) is 25.0 Å². The Morgan fingerprint density at radius 1 is 1.42 bits per heavy atom. The van der Waals surface area contributed by atoms with Crippen molar-refractivity contribution in [3.63, 3.8) is 0 Å². The van der Waals surface area contributed by atoms with Crippen LogP contribution in [0.15, 0.2) is 18.2 Å². The van der Waals surface area contributed by atoms with Gasteiger partial charge in [-0.05, 0) is 57.8 Å². The highest BCUT2D eigenvalue weighted by atomic mass is 19.1. The number of nitrogens with one attached hydrogen (secondary N) is 2. The second kappa shape index (κ2) is 6.15. The Morgan fingerprint density at radius 3 is 2.79 bits per heavy atom. The molecule has 0 saturated carbocycles. The predicted molar refractivity (Wildman–Crippen MR) is 73.7 cm³/mol. The maximum absolute atomic E-state index is 13.6. The normalized spacial score (nSPS) is 18.1. The van der Waals surface area contributed by atoms with E-state index in [0.717, 1.165) is 31.5 Å². The van der Waals surface area contributed by atoms with Crippen molar-refractivity contribution in [3.05, 3.63) is 35.1 Å². The second-order valence-electron chi connectivity index (χ2n) is 5.33. The Bertz CT molecular complexity index is 455. The molecule has 4 heteroatoms. The number of hydrogen-bond donors (Lipinski definition) is 2. The lowest BCUT2D eigenvalue weighted by Crippen LogP contribution is -2.42. The number of piperidine rings is 1. The lowest BCUT2D eigenvalue weighted by molar-refractivity contribution is 0.0916. The number of amides is 1. The molecule has 2 rings (SSSR count). The number of benzene rings is 1. The molecule has 0 radical (unpaired) electrons. The summed E-state index contributed by atoms with van der Waals surface area (Å²) in [4.78, 5) is 12.1. The molecule has 0 aliphatic carbocycles. The van der Waals surface area contributed by atoms with Gasteiger partial charge in [0, 0.05) is 6.04 Å². The molecule has 104 valence electrons. The zero-order chi connectivity index (χ0) is 13.8. The maximum atomic E-state index is 13.6. The van der Waals surface area contributed by atoms with E-state index < -0.39 is 5.82 Å². The van der Waals surface area contributed by atoms with Gasteiger partial charge < -0.3 is 10.6 Å². The summed E-state index contributed by atoms with van der Waals surface area (Å²) >= 11 is 0. The quantitative estimate of drug-likeness (QED) is 0.879. The maximum Gasteiger partial charge on any atom is 0.254 e. The van der Waals surface area contributed by atoms with E-state index in [9.17, 15) is 9.18 Å². The van der Waals surface area contributed by atoms with E-state index in [1.54, 1.807) is 12.1 Å². The number of carbonyl (C=O) groups is 1. The third-order valence-electron chi connectivity index (χ3n) is 3.82. The summed E-state index contributed by atoms with van der Waals surface area (Å²) in [5.41, 5.74) is 1.03. The Balaban J connectivity index is 2.01. The van der Waals surface area contributed by atoms with Crippen LogP contribution >= 0.6 is 0 Å². The second-order valence-corrected chi connectivity index (χ2v) is 5.33. The fourth-order valence-corrected chi connectivity index (χ4v) is 2.56. The first kappa shape index (κ1) is 14.0. The summed E-state index contributed by atoms with van der Waals surface area (Å²) in [6.07, 6.45) is 2.11. The van der Waals surface area contributed by atoms with Gasteiger partial charge in [0.1, 0.15) is 5.82 Å². The van der Waals surface area contributed by atoms with Gasteiger partial charge in [-0.1, -0.05) is 11.6 Å². The van der Waals surface area contributed by atoms with Crippen LogP contribution in [0, 0.1) is 18.7 Å². The number of carbonyl (C=O) groups excluding carboxylic acids is 1.